The molecule has 0 radical (unpaired) electrons. The summed E-state index contributed by atoms with van der Waals surface area (Å²) in [7, 11) is 0. The first-order valence-electron chi connectivity index (χ1n) is 19.8. The number of hydrogen-bond donors (Lipinski definition) is 5. The Kier molecular flexibility index (Phi) is 9.34. The topological polar surface area (TPSA) is 169 Å². The number of carbonyl (C=O) groups is 4. The van der Waals surface area contributed by atoms with Gasteiger partial charge in [-0.2, -0.15) is 0 Å². The molecule has 6 saturated carbocycles. The zero-order chi connectivity index (χ0) is 36.9. The fourth-order valence-electron chi connectivity index (χ4n) is 14.6. The van der Waals surface area contributed by atoms with E-state index < -0.39 is 35.6 Å². The smallest absolute Gasteiger partial charge is 0.190 e. The quantitative estimate of drug-likeness (QED) is 0.283. The summed E-state index contributed by atoms with van der Waals surface area (Å²) < 4.78 is 0. The van der Waals surface area contributed by atoms with Crippen molar-refractivity contribution in [2.24, 2.45) is 63.1 Å². The maximum Gasteiger partial charge on any atom is 0.190 e. The standard InChI is InChI=1S/C21H30O5.C21H30O4/c1-19-7-5-13(23)9-12(19)3-4-14-15-6-8-21(26,17(25)11-22)20(15,2)10-16(24)18(14)19;1-20-8-7-13(23)9-12(20)3-4-14-15-5-6-16(18(25)11-22)21(15,2)10-17(24)19(14)20/h9,14-16,18,22,24,26H,3-8,10-11H2,1-2H3;9,14-17,19,22,24H,3-8,10-11H2,1-2H3/t14-,15-,16-,18+,19-,20-,21-;14-,15-,16+,17-,19+,20-,21-/m00/s1. The van der Waals surface area contributed by atoms with Crippen LogP contribution in [0.4, 0.5) is 0 Å². The van der Waals surface area contributed by atoms with Crippen molar-refractivity contribution < 1.29 is 44.7 Å². The van der Waals surface area contributed by atoms with Crippen molar-refractivity contribution in [2.45, 2.75) is 135 Å². The second-order valence-corrected chi connectivity index (χ2v) is 19.0. The number of allylic oxidation sites excluding steroid dienone is 2. The fourth-order valence-corrected chi connectivity index (χ4v) is 14.6. The second kappa shape index (κ2) is 12.8. The SMILES string of the molecule is C[C@]12CCC(=O)C=C1CC[C@@H]1[C@@H]2[C@@H](O)C[C@@]2(C)[C@H]1CC[C@]2(O)C(=O)CO.C[C@]12C[C@H](O)[C@H]3[C@@H](CCC4=CC(=O)CC[C@@]43C)[C@@H]1CC[C@@H]2C(=O)CO. The first-order chi connectivity index (χ1) is 24.0. The van der Waals surface area contributed by atoms with Gasteiger partial charge < -0.3 is 25.5 Å². The summed E-state index contributed by atoms with van der Waals surface area (Å²) in [4.78, 5) is 48.4. The molecule has 8 rings (SSSR count). The number of hydrogen-bond acceptors (Lipinski definition) is 9. The normalized spacial score (nSPS) is 49.8. The molecule has 0 aromatic heterocycles. The second-order valence-electron chi connectivity index (χ2n) is 19.0. The van der Waals surface area contributed by atoms with Gasteiger partial charge in [-0.05, 0) is 141 Å². The summed E-state index contributed by atoms with van der Waals surface area (Å²) >= 11 is 0. The summed E-state index contributed by atoms with van der Waals surface area (Å²) in [6.07, 6.45) is 13.1. The van der Waals surface area contributed by atoms with E-state index in [9.17, 15) is 44.7 Å². The third-order valence-corrected chi connectivity index (χ3v) is 17.1. The largest absolute Gasteiger partial charge is 0.393 e. The summed E-state index contributed by atoms with van der Waals surface area (Å²) in [5.41, 5.74) is -0.253. The maximum atomic E-state index is 12.4. The Bertz CT molecular complexity index is 1550. The van der Waals surface area contributed by atoms with Crippen LogP contribution in [0.2, 0.25) is 0 Å². The van der Waals surface area contributed by atoms with Crippen LogP contribution in [0.3, 0.4) is 0 Å². The summed E-state index contributed by atoms with van der Waals surface area (Å²) in [5, 5.41) is 52.3. The molecule has 0 bridgehead atoms. The predicted octanol–water partition coefficient (Wildman–Crippen LogP) is 4.45. The van der Waals surface area contributed by atoms with Gasteiger partial charge in [0.15, 0.2) is 23.1 Å². The Balaban J connectivity index is 0.000000159. The van der Waals surface area contributed by atoms with E-state index in [2.05, 4.69) is 20.8 Å². The molecule has 0 saturated heterocycles. The number of aliphatic hydroxyl groups is 5. The van der Waals surface area contributed by atoms with E-state index in [1.165, 1.54) is 11.1 Å². The molecule has 0 heterocycles. The van der Waals surface area contributed by atoms with E-state index in [0.29, 0.717) is 43.9 Å². The van der Waals surface area contributed by atoms with Gasteiger partial charge in [0.25, 0.3) is 0 Å². The first-order valence-corrected chi connectivity index (χ1v) is 19.8. The van der Waals surface area contributed by atoms with E-state index in [4.69, 9.17) is 0 Å². The van der Waals surface area contributed by atoms with Gasteiger partial charge in [-0.3, -0.25) is 19.2 Å². The van der Waals surface area contributed by atoms with Gasteiger partial charge in [0.2, 0.25) is 0 Å². The average Bonchev–Trinajstić information content (AvgIpc) is 3.57. The molecule has 14 atom stereocenters. The van der Waals surface area contributed by atoms with Crippen LogP contribution in [0, 0.1) is 63.1 Å². The van der Waals surface area contributed by atoms with Gasteiger partial charge in [0, 0.05) is 24.2 Å². The molecule has 282 valence electrons. The molecule has 0 unspecified atom stereocenters. The van der Waals surface area contributed by atoms with Gasteiger partial charge >= 0.3 is 0 Å². The van der Waals surface area contributed by atoms with Crippen LogP contribution >= 0.6 is 0 Å². The van der Waals surface area contributed by atoms with Crippen molar-refractivity contribution in [3.8, 4) is 0 Å². The number of rotatable bonds is 4. The molecule has 9 heteroatoms. The zero-order valence-corrected chi connectivity index (χ0v) is 31.0. The number of aliphatic hydroxyl groups excluding tert-OH is 4. The lowest BCUT2D eigenvalue weighted by Crippen LogP contribution is -2.62. The lowest BCUT2D eigenvalue weighted by atomic mass is 9.45. The Morgan fingerprint density at radius 1 is 0.686 bits per heavy atom. The summed E-state index contributed by atoms with van der Waals surface area (Å²) in [5.74, 6) is 1.26. The number of Topliss-reactive ketones (excluding diaryl/α,β-unsaturated/α-hetero) is 2. The highest BCUT2D eigenvalue weighted by atomic mass is 16.3. The van der Waals surface area contributed by atoms with Crippen LogP contribution in [0.1, 0.15) is 118 Å². The van der Waals surface area contributed by atoms with Crippen molar-refractivity contribution in [2.75, 3.05) is 13.2 Å². The van der Waals surface area contributed by atoms with Crippen LogP contribution < -0.4 is 0 Å². The molecule has 0 aliphatic heterocycles. The highest BCUT2D eigenvalue weighted by molar-refractivity contribution is 5.92. The minimum Gasteiger partial charge on any atom is -0.393 e. The van der Waals surface area contributed by atoms with Gasteiger partial charge in [0.1, 0.15) is 18.8 Å². The molecule has 6 fully saturated rings. The number of fused-ring (bicyclic) bond motifs is 10. The van der Waals surface area contributed by atoms with Gasteiger partial charge in [0.05, 0.1) is 12.2 Å². The van der Waals surface area contributed by atoms with Crippen LogP contribution in [0.25, 0.3) is 0 Å². The molecule has 0 aromatic carbocycles. The molecule has 8 aliphatic rings. The van der Waals surface area contributed by atoms with Crippen LogP contribution in [-0.2, 0) is 19.2 Å². The van der Waals surface area contributed by atoms with Gasteiger partial charge in [-0.15, -0.1) is 0 Å². The molecule has 5 N–H and O–H groups in total. The van der Waals surface area contributed by atoms with Crippen molar-refractivity contribution in [1.82, 2.24) is 0 Å². The maximum absolute atomic E-state index is 12.4. The molecular formula is C42H60O9. The molecule has 0 aromatic rings. The van der Waals surface area contributed by atoms with Crippen molar-refractivity contribution in [3.05, 3.63) is 23.3 Å². The van der Waals surface area contributed by atoms with E-state index in [1.807, 2.05) is 13.0 Å². The van der Waals surface area contributed by atoms with Crippen LogP contribution in [0.15, 0.2) is 23.3 Å². The summed E-state index contributed by atoms with van der Waals surface area (Å²) in [6, 6.07) is 0. The Labute approximate surface area is 302 Å². The van der Waals surface area contributed by atoms with Gasteiger partial charge in [-0.1, -0.05) is 38.8 Å². The van der Waals surface area contributed by atoms with Crippen LogP contribution in [0.5, 0.6) is 0 Å². The van der Waals surface area contributed by atoms with Crippen molar-refractivity contribution >= 4 is 23.1 Å². The van der Waals surface area contributed by atoms with Crippen molar-refractivity contribution in [3.63, 3.8) is 0 Å². The van der Waals surface area contributed by atoms with Crippen LogP contribution in [-0.4, -0.2) is 79.7 Å². The van der Waals surface area contributed by atoms with E-state index in [-0.39, 0.29) is 69.8 Å². The highest BCUT2D eigenvalue weighted by Gasteiger charge is 2.68. The van der Waals surface area contributed by atoms with Crippen molar-refractivity contribution in [1.29, 1.82) is 0 Å². The lowest BCUT2D eigenvalue weighted by molar-refractivity contribution is -0.182. The Morgan fingerprint density at radius 3 is 1.75 bits per heavy atom. The monoisotopic (exact) mass is 708 g/mol. The molecule has 0 amide bonds. The Hall–Kier alpha value is -2.04. The Morgan fingerprint density at radius 2 is 1.22 bits per heavy atom. The third-order valence-electron chi connectivity index (χ3n) is 17.1. The van der Waals surface area contributed by atoms with Gasteiger partial charge in [-0.25, -0.2) is 0 Å². The fraction of sp³-hybridized carbons (Fsp3) is 0.810. The number of ketones is 4. The molecule has 0 spiro atoms. The average molecular weight is 709 g/mol. The first kappa shape index (κ1) is 37.3. The van der Waals surface area contributed by atoms with E-state index in [0.717, 1.165) is 57.8 Å². The summed E-state index contributed by atoms with van der Waals surface area (Å²) in [6.45, 7) is 7.49. The molecule has 9 nitrogen and oxygen atoms in total. The predicted molar refractivity (Wildman–Crippen MR) is 189 cm³/mol. The zero-order valence-electron chi connectivity index (χ0n) is 31.0. The minimum atomic E-state index is -1.54. The van der Waals surface area contributed by atoms with E-state index >= 15 is 0 Å². The van der Waals surface area contributed by atoms with E-state index in [1.54, 1.807) is 6.08 Å². The third kappa shape index (κ3) is 5.32. The minimum absolute atomic E-state index is 0.0541. The molecule has 8 aliphatic carbocycles. The highest BCUT2D eigenvalue weighted by Crippen LogP contribution is 2.69. The molecular weight excluding hydrogens is 648 g/mol. The molecule has 51 heavy (non-hydrogen) atoms. The number of carbonyl (C=O) groups excluding carboxylic acids is 4. The lowest BCUT2D eigenvalue weighted by Gasteiger charge is -2.60.